The Labute approximate surface area is 110 Å². The molecule has 17 heavy (non-hydrogen) atoms. The molecule has 1 aliphatic rings. The van der Waals surface area contributed by atoms with Gasteiger partial charge in [-0.05, 0) is 24.5 Å². The molecule has 0 spiro atoms. The van der Waals surface area contributed by atoms with Crippen molar-refractivity contribution in [2.75, 3.05) is 17.3 Å². The smallest absolute Gasteiger partial charge is 0.253 e. The summed E-state index contributed by atoms with van der Waals surface area (Å²) in [6, 6.07) is 7.87. The maximum atomic E-state index is 11.8. The minimum Gasteiger partial charge on any atom is -0.368 e. The Morgan fingerprint density at radius 1 is 1.35 bits per heavy atom. The lowest BCUT2D eigenvalue weighted by molar-refractivity contribution is -0.127. The molecule has 0 aliphatic carbocycles. The Kier molecular flexibility index (Phi) is 4.57. The van der Waals surface area contributed by atoms with Crippen LogP contribution in [-0.4, -0.2) is 23.9 Å². The van der Waals surface area contributed by atoms with Crippen LogP contribution in [0, 0.1) is 0 Å². The van der Waals surface area contributed by atoms with E-state index in [1.54, 1.807) is 0 Å². The van der Waals surface area contributed by atoms with Crippen molar-refractivity contribution in [1.29, 1.82) is 0 Å². The fraction of sp³-hybridized carbons (Fsp3) is 0.462. The first-order chi connectivity index (χ1) is 8.31. The van der Waals surface area contributed by atoms with Gasteiger partial charge in [-0.15, -0.1) is 0 Å². The molecule has 1 N–H and O–H groups in total. The van der Waals surface area contributed by atoms with Gasteiger partial charge in [-0.1, -0.05) is 34.1 Å². The number of alkyl halides is 1. The zero-order valence-corrected chi connectivity index (χ0v) is 11.2. The number of hydrogen-bond donors (Lipinski definition) is 1. The first-order valence-electron chi connectivity index (χ1n) is 5.87. The van der Waals surface area contributed by atoms with Gasteiger partial charge in [-0.3, -0.25) is 4.79 Å². The van der Waals surface area contributed by atoms with Crippen LogP contribution in [0.2, 0.25) is 0 Å². The Morgan fingerprint density at radius 3 is 3.00 bits per heavy atom. The second-order valence-corrected chi connectivity index (χ2v) is 4.90. The number of carbonyl (C=O) groups is 1. The topological polar surface area (TPSA) is 38.3 Å². The molecule has 0 saturated heterocycles. The molecule has 3 nitrogen and oxygen atoms in total. The first kappa shape index (κ1) is 12.6. The van der Waals surface area contributed by atoms with Gasteiger partial charge in [-0.25, -0.2) is 0 Å². The highest BCUT2D eigenvalue weighted by Gasteiger charge is 2.26. The van der Waals surface area contributed by atoms with Crippen LogP contribution in [0.4, 0.5) is 5.69 Å². The molecule has 92 valence electrons. The monoisotopic (exact) mass is 297 g/mol. The van der Waals surface area contributed by atoms with E-state index in [1.807, 2.05) is 24.3 Å². The molecular weight excluding hydrogens is 282 g/mol. The third-order valence-corrected chi connectivity index (χ3v) is 3.38. The summed E-state index contributed by atoms with van der Waals surface area (Å²) < 4.78 is 5.62. The standard InChI is InChI=1S/C13H16BrNO2/c14-7-3-4-8-17-12-9-10-5-1-2-6-11(10)15-13(12)16/h1-2,5-6,12H,3-4,7-9H2,(H,15,16). The number of carbonyl (C=O) groups excluding carboxylic acids is 1. The molecule has 1 heterocycles. The predicted octanol–water partition coefficient (Wildman–Crippen LogP) is 2.74. The summed E-state index contributed by atoms with van der Waals surface area (Å²) in [7, 11) is 0. The number of benzene rings is 1. The van der Waals surface area contributed by atoms with Crippen molar-refractivity contribution in [3.05, 3.63) is 29.8 Å². The molecule has 1 atom stereocenters. The lowest BCUT2D eigenvalue weighted by Gasteiger charge is -2.24. The summed E-state index contributed by atoms with van der Waals surface area (Å²) in [6.45, 7) is 0.645. The van der Waals surface area contributed by atoms with Crippen molar-refractivity contribution < 1.29 is 9.53 Å². The Hall–Kier alpha value is -0.870. The van der Waals surface area contributed by atoms with Crippen LogP contribution < -0.4 is 5.32 Å². The highest BCUT2D eigenvalue weighted by Crippen LogP contribution is 2.23. The van der Waals surface area contributed by atoms with Crippen LogP contribution in [0.15, 0.2) is 24.3 Å². The number of unbranched alkanes of at least 4 members (excludes halogenated alkanes) is 1. The van der Waals surface area contributed by atoms with Gasteiger partial charge in [-0.2, -0.15) is 0 Å². The average molecular weight is 298 g/mol. The summed E-state index contributed by atoms with van der Waals surface area (Å²) >= 11 is 3.37. The van der Waals surface area contributed by atoms with Crippen LogP contribution in [0.25, 0.3) is 0 Å². The van der Waals surface area contributed by atoms with Crippen LogP contribution in [0.3, 0.4) is 0 Å². The van der Waals surface area contributed by atoms with Crippen LogP contribution in [-0.2, 0) is 16.0 Å². The van der Waals surface area contributed by atoms with Crippen molar-refractivity contribution in [3.8, 4) is 0 Å². The van der Waals surface area contributed by atoms with E-state index in [4.69, 9.17) is 4.74 Å². The van der Waals surface area contributed by atoms with Crippen molar-refractivity contribution in [3.63, 3.8) is 0 Å². The van der Waals surface area contributed by atoms with Gasteiger partial charge in [0, 0.05) is 24.0 Å². The number of ether oxygens (including phenoxy) is 1. The quantitative estimate of drug-likeness (QED) is 0.670. The normalized spacial score (nSPS) is 18.6. The number of amides is 1. The minimum absolute atomic E-state index is 0.0254. The number of halogens is 1. The molecule has 1 aromatic rings. The van der Waals surface area contributed by atoms with E-state index in [1.165, 1.54) is 0 Å². The zero-order valence-electron chi connectivity index (χ0n) is 9.62. The van der Waals surface area contributed by atoms with Gasteiger partial charge in [0.1, 0.15) is 6.10 Å². The summed E-state index contributed by atoms with van der Waals surface area (Å²) in [5.74, 6) is -0.0254. The van der Waals surface area contributed by atoms with Crippen molar-refractivity contribution >= 4 is 27.5 Å². The van der Waals surface area contributed by atoms with E-state index in [-0.39, 0.29) is 12.0 Å². The van der Waals surface area contributed by atoms with Crippen LogP contribution in [0.1, 0.15) is 18.4 Å². The second-order valence-electron chi connectivity index (χ2n) is 4.11. The largest absolute Gasteiger partial charge is 0.368 e. The molecule has 4 heteroatoms. The van der Waals surface area contributed by atoms with E-state index < -0.39 is 0 Å². The molecular formula is C13H16BrNO2. The molecule has 0 fully saturated rings. The van der Waals surface area contributed by atoms with E-state index in [0.717, 1.165) is 29.4 Å². The highest BCUT2D eigenvalue weighted by molar-refractivity contribution is 9.09. The summed E-state index contributed by atoms with van der Waals surface area (Å²) in [5.41, 5.74) is 2.07. The van der Waals surface area contributed by atoms with E-state index in [9.17, 15) is 4.79 Å². The van der Waals surface area contributed by atoms with Crippen molar-refractivity contribution in [2.45, 2.75) is 25.4 Å². The molecule has 0 saturated carbocycles. The van der Waals surface area contributed by atoms with E-state index >= 15 is 0 Å². The molecule has 0 radical (unpaired) electrons. The molecule has 0 aromatic heterocycles. The number of hydrogen-bond acceptors (Lipinski definition) is 2. The average Bonchev–Trinajstić information content (AvgIpc) is 2.35. The van der Waals surface area contributed by atoms with E-state index in [2.05, 4.69) is 21.2 Å². The number of nitrogens with one attached hydrogen (secondary N) is 1. The number of rotatable bonds is 5. The maximum Gasteiger partial charge on any atom is 0.253 e. The van der Waals surface area contributed by atoms with Gasteiger partial charge in [0.25, 0.3) is 5.91 Å². The second kappa shape index (κ2) is 6.17. The van der Waals surface area contributed by atoms with Crippen LogP contribution in [0.5, 0.6) is 0 Å². The maximum absolute atomic E-state index is 11.8. The molecule has 0 bridgehead atoms. The molecule has 1 amide bonds. The molecule has 1 unspecified atom stereocenters. The number of anilines is 1. The van der Waals surface area contributed by atoms with Crippen molar-refractivity contribution in [2.24, 2.45) is 0 Å². The summed E-state index contributed by atoms with van der Waals surface area (Å²) in [6.07, 6.45) is 2.40. The van der Waals surface area contributed by atoms with Gasteiger partial charge >= 0.3 is 0 Å². The third-order valence-electron chi connectivity index (χ3n) is 2.82. The van der Waals surface area contributed by atoms with Crippen LogP contribution >= 0.6 is 15.9 Å². The van der Waals surface area contributed by atoms with E-state index in [0.29, 0.717) is 13.0 Å². The Balaban J connectivity index is 1.91. The molecule has 2 rings (SSSR count). The first-order valence-corrected chi connectivity index (χ1v) is 7.00. The predicted molar refractivity (Wildman–Crippen MR) is 71.5 cm³/mol. The fourth-order valence-corrected chi connectivity index (χ4v) is 2.28. The SMILES string of the molecule is O=C1Nc2ccccc2CC1OCCCCBr. The van der Waals surface area contributed by atoms with Gasteiger partial charge in [0.2, 0.25) is 0 Å². The van der Waals surface area contributed by atoms with Crippen molar-refractivity contribution in [1.82, 2.24) is 0 Å². The lowest BCUT2D eigenvalue weighted by Crippen LogP contribution is -2.36. The third kappa shape index (κ3) is 3.30. The molecule has 1 aromatic carbocycles. The van der Waals surface area contributed by atoms with Gasteiger partial charge < -0.3 is 10.1 Å². The summed E-state index contributed by atoms with van der Waals surface area (Å²) in [5, 5.41) is 3.86. The Morgan fingerprint density at radius 2 is 2.18 bits per heavy atom. The number of fused-ring (bicyclic) bond motifs is 1. The summed E-state index contributed by atoms with van der Waals surface area (Å²) in [4.78, 5) is 11.8. The zero-order chi connectivity index (χ0) is 12.1. The van der Waals surface area contributed by atoms with Gasteiger partial charge in [0.05, 0.1) is 0 Å². The highest BCUT2D eigenvalue weighted by atomic mass is 79.9. The lowest BCUT2D eigenvalue weighted by atomic mass is 10.0. The minimum atomic E-state index is -0.333. The van der Waals surface area contributed by atoms with Gasteiger partial charge in [0.15, 0.2) is 0 Å². The Bertz CT molecular complexity index is 395. The number of para-hydroxylation sites is 1. The fourth-order valence-electron chi connectivity index (χ4n) is 1.88. The molecule has 1 aliphatic heterocycles.